The second kappa shape index (κ2) is 9.23. The summed E-state index contributed by atoms with van der Waals surface area (Å²) in [5, 5.41) is 2.28. The Hall–Kier alpha value is -3.57. The Bertz CT molecular complexity index is 1260. The van der Waals surface area contributed by atoms with E-state index in [9.17, 15) is 18.8 Å². The number of imide groups is 1. The molecule has 5 rings (SSSR count). The molecule has 0 radical (unpaired) electrons. The lowest BCUT2D eigenvalue weighted by molar-refractivity contribution is -0.136. The number of rotatable bonds is 4. The third-order valence-electron chi connectivity index (χ3n) is 7.29. The summed E-state index contributed by atoms with van der Waals surface area (Å²) in [4.78, 5) is 40.3. The van der Waals surface area contributed by atoms with Gasteiger partial charge in [-0.05, 0) is 73.2 Å². The summed E-state index contributed by atoms with van der Waals surface area (Å²) in [6, 6.07) is 6.82. The smallest absolute Gasteiger partial charge is 0.255 e. The molecule has 3 heterocycles. The van der Waals surface area contributed by atoms with Gasteiger partial charge < -0.3 is 4.90 Å². The molecule has 1 unspecified atom stereocenters. The molecular weight excluding hydrogens is 452 g/mol. The maximum absolute atomic E-state index is 15.1. The van der Waals surface area contributed by atoms with Gasteiger partial charge in [-0.15, -0.1) is 6.42 Å². The number of nitrogens with one attached hydrogen (secondary N) is 1. The molecule has 2 fully saturated rings. The van der Waals surface area contributed by atoms with E-state index in [0.29, 0.717) is 23.2 Å². The monoisotopic (exact) mass is 477 g/mol. The summed E-state index contributed by atoms with van der Waals surface area (Å²) in [6.07, 6.45) is 7.46. The van der Waals surface area contributed by atoms with Crippen molar-refractivity contribution in [3.63, 3.8) is 0 Å². The molecule has 35 heavy (non-hydrogen) atoms. The van der Waals surface area contributed by atoms with Gasteiger partial charge in [-0.3, -0.25) is 24.6 Å². The summed E-state index contributed by atoms with van der Waals surface area (Å²) in [5.74, 6) is 0.580. The van der Waals surface area contributed by atoms with Gasteiger partial charge in [-0.1, -0.05) is 18.1 Å². The first-order valence-electron chi connectivity index (χ1n) is 11.8. The molecule has 2 saturated heterocycles. The van der Waals surface area contributed by atoms with Crippen molar-refractivity contribution in [2.75, 3.05) is 13.1 Å². The van der Waals surface area contributed by atoms with Crippen LogP contribution < -0.4 is 5.32 Å². The third kappa shape index (κ3) is 4.44. The molecule has 2 aromatic carbocycles. The van der Waals surface area contributed by atoms with E-state index in [1.54, 1.807) is 12.1 Å². The average Bonchev–Trinajstić information content (AvgIpc) is 3.15. The van der Waals surface area contributed by atoms with Gasteiger partial charge in [0.1, 0.15) is 17.7 Å². The fourth-order valence-corrected chi connectivity index (χ4v) is 5.39. The van der Waals surface area contributed by atoms with Gasteiger partial charge >= 0.3 is 0 Å². The highest BCUT2D eigenvalue weighted by molar-refractivity contribution is 6.05. The molecule has 2 aromatic rings. The van der Waals surface area contributed by atoms with E-state index in [2.05, 4.69) is 16.1 Å². The second-order valence-electron chi connectivity index (χ2n) is 9.43. The summed E-state index contributed by atoms with van der Waals surface area (Å²) >= 11 is 0. The lowest BCUT2D eigenvalue weighted by atomic mass is 9.87. The van der Waals surface area contributed by atoms with Gasteiger partial charge in [-0.25, -0.2) is 8.78 Å². The van der Waals surface area contributed by atoms with Crippen LogP contribution in [-0.2, 0) is 22.7 Å². The van der Waals surface area contributed by atoms with Crippen LogP contribution in [0.1, 0.15) is 64.2 Å². The quantitative estimate of drug-likeness (QED) is 0.543. The highest BCUT2D eigenvalue weighted by Crippen LogP contribution is 2.35. The van der Waals surface area contributed by atoms with Crippen molar-refractivity contribution in [3.8, 4) is 12.3 Å². The number of amides is 3. The number of hydrogen-bond acceptors (Lipinski definition) is 4. The summed E-state index contributed by atoms with van der Waals surface area (Å²) < 4.78 is 28.6. The Morgan fingerprint density at radius 1 is 1.06 bits per heavy atom. The SMILES string of the molecule is C#Cc1cc(F)ccc1CN1CCC(c2cc3c(cc2F)C(=O)N(C2CCC(=O)NC2=O)C3)CC1. The average molecular weight is 478 g/mol. The van der Waals surface area contributed by atoms with Crippen molar-refractivity contribution in [2.24, 2.45) is 0 Å². The fourth-order valence-electron chi connectivity index (χ4n) is 5.39. The predicted octanol–water partition coefficient (Wildman–Crippen LogP) is 3.09. The molecule has 0 aliphatic carbocycles. The number of hydrogen-bond donors (Lipinski definition) is 1. The molecule has 0 bridgehead atoms. The van der Waals surface area contributed by atoms with Crippen LogP contribution in [0.15, 0.2) is 30.3 Å². The molecular formula is C27H25F2N3O3. The molecule has 3 amide bonds. The number of carbonyl (C=O) groups is 3. The molecule has 0 spiro atoms. The second-order valence-corrected chi connectivity index (χ2v) is 9.43. The molecule has 180 valence electrons. The van der Waals surface area contributed by atoms with E-state index >= 15 is 4.39 Å². The Morgan fingerprint density at radius 2 is 1.83 bits per heavy atom. The van der Waals surface area contributed by atoms with Crippen LogP contribution in [0.25, 0.3) is 0 Å². The summed E-state index contributed by atoms with van der Waals surface area (Å²) in [5.41, 5.74) is 3.02. The van der Waals surface area contributed by atoms with Crippen LogP contribution in [0.5, 0.6) is 0 Å². The number of carbonyl (C=O) groups excluding carboxylic acids is 3. The van der Waals surface area contributed by atoms with Crippen LogP contribution in [0.2, 0.25) is 0 Å². The van der Waals surface area contributed by atoms with Crippen LogP contribution in [-0.4, -0.2) is 46.7 Å². The van der Waals surface area contributed by atoms with Crippen molar-refractivity contribution in [2.45, 2.75) is 50.7 Å². The fraction of sp³-hybridized carbons (Fsp3) is 0.370. The number of fused-ring (bicyclic) bond motifs is 1. The normalized spacial score (nSPS) is 21.1. The topological polar surface area (TPSA) is 69.7 Å². The van der Waals surface area contributed by atoms with E-state index < -0.39 is 17.8 Å². The lowest BCUT2D eigenvalue weighted by Gasteiger charge is -2.32. The minimum Gasteiger partial charge on any atom is -0.322 e. The maximum atomic E-state index is 15.1. The van der Waals surface area contributed by atoms with Crippen LogP contribution in [0.4, 0.5) is 8.78 Å². The number of terminal acetylenes is 1. The maximum Gasteiger partial charge on any atom is 0.255 e. The number of likely N-dealkylation sites (tertiary alicyclic amines) is 1. The Kier molecular flexibility index (Phi) is 6.12. The molecule has 3 aliphatic rings. The minimum atomic E-state index is -0.721. The molecule has 3 aliphatic heterocycles. The molecule has 1 N–H and O–H groups in total. The molecule has 0 aromatic heterocycles. The van der Waals surface area contributed by atoms with Crippen molar-refractivity contribution in [3.05, 3.63) is 69.8 Å². The van der Waals surface area contributed by atoms with E-state index in [-0.39, 0.29) is 48.5 Å². The Balaban J connectivity index is 1.27. The van der Waals surface area contributed by atoms with Gasteiger partial charge in [0.2, 0.25) is 11.8 Å². The number of benzene rings is 2. The number of halogens is 2. The molecule has 8 heteroatoms. The van der Waals surface area contributed by atoms with E-state index in [0.717, 1.165) is 31.5 Å². The van der Waals surface area contributed by atoms with Crippen molar-refractivity contribution in [1.82, 2.24) is 15.1 Å². The number of nitrogens with zero attached hydrogens (tertiary/aromatic N) is 2. The van der Waals surface area contributed by atoms with Crippen molar-refractivity contribution < 1.29 is 23.2 Å². The van der Waals surface area contributed by atoms with Crippen molar-refractivity contribution in [1.29, 1.82) is 0 Å². The zero-order valence-electron chi connectivity index (χ0n) is 19.2. The van der Waals surface area contributed by atoms with Crippen LogP contribution in [0, 0.1) is 24.0 Å². The van der Waals surface area contributed by atoms with Gasteiger partial charge in [0, 0.05) is 30.6 Å². The summed E-state index contributed by atoms with van der Waals surface area (Å²) in [6.45, 7) is 2.31. The van der Waals surface area contributed by atoms with E-state index in [1.807, 2.05) is 0 Å². The zero-order chi connectivity index (χ0) is 24.7. The molecule has 6 nitrogen and oxygen atoms in total. The minimum absolute atomic E-state index is 0.0108. The highest BCUT2D eigenvalue weighted by atomic mass is 19.1. The van der Waals surface area contributed by atoms with Gasteiger partial charge in [-0.2, -0.15) is 0 Å². The Labute approximate surface area is 202 Å². The molecule has 0 saturated carbocycles. The number of piperidine rings is 2. The molecule has 1 atom stereocenters. The lowest BCUT2D eigenvalue weighted by Crippen LogP contribution is -2.52. The first kappa shape index (κ1) is 23.2. The van der Waals surface area contributed by atoms with E-state index in [4.69, 9.17) is 6.42 Å². The highest BCUT2D eigenvalue weighted by Gasteiger charge is 2.40. The predicted molar refractivity (Wildman–Crippen MR) is 124 cm³/mol. The first-order valence-corrected chi connectivity index (χ1v) is 11.8. The van der Waals surface area contributed by atoms with Crippen LogP contribution >= 0.6 is 0 Å². The first-order chi connectivity index (χ1) is 16.8. The van der Waals surface area contributed by atoms with Crippen molar-refractivity contribution >= 4 is 17.7 Å². The summed E-state index contributed by atoms with van der Waals surface area (Å²) in [7, 11) is 0. The standard InChI is InChI=1S/C27H25F2N3O3/c1-2-16-11-20(28)4-3-18(16)14-31-9-7-17(8-10-31)21-12-19-15-32(27(35)22(19)13-23(21)29)24-5-6-25(33)30-26(24)34/h1,3-4,11-13,17,24H,5-10,14-15H2,(H,30,33,34). The van der Waals surface area contributed by atoms with E-state index in [1.165, 1.54) is 23.1 Å². The zero-order valence-corrected chi connectivity index (χ0v) is 19.2. The largest absolute Gasteiger partial charge is 0.322 e. The van der Waals surface area contributed by atoms with Gasteiger partial charge in [0.25, 0.3) is 5.91 Å². The Morgan fingerprint density at radius 3 is 2.54 bits per heavy atom. The van der Waals surface area contributed by atoms with Gasteiger partial charge in [0.15, 0.2) is 0 Å². The van der Waals surface area contributed by atoms with Gasteiger partial charge in [0.05, 0.1) is 0 Å². The third-order valence-corrected chi connectivity index (χ3v) is 7.29. The van der Waals surface area contributed by atoms with Crippen LogP contribution in [0.3, 0.4) is 0 Å².